The lowest BCUT2D eigenvalue weighted by molar-refractivity contribution is 1.12. The van der Waals surface area contributed by atoms with Crippen LogP contribution in [0.15, 0.2) is 24.3 Å². The number of aryl methyl sites for hydroxylation is 1. The first-order chi connectivity index (χ1) is 6.15. The van der Waals surface area contributed by atoms with Crippen molar-refractivity contribution in [3.8, 4) is 0 Å². The van der Waals surface area contributed by atoms with Crippen LogP contribution in [-0.4, -0.2) is 13.0 Å². The topological polar surface area (TPSA) is 53.1 Å². The molecule has 0 saturated carbocycles. The van der Waals surface area contributed by atoms with E-state index in [2.05, 4.69) is 13.0 Å². The summed E-state index contributed by atoms with van der Waals surface area (Å²) < 4.78 is 0. The summed E-state index contributed by atoms with van der Waals surface area (Å²) in [4.78, 5) is 1.65. The maximum atomic E-state index is 7.27. The minimum atomic E-state index is 0.0632. The Bertz CT molecular complexity index is 307. The maximum Gasteiger partial charge on any atom is 0.192 e. The zero-order valence-electron chi connectivity index (χ0n) is 8.04. The second-order valence-electron chi connectivity index (χ2n) is 2.97. The molecule has 0 aliphatic rings. The Hall–Kier alpha value is -1.51. The monoisotopic (exact) mass is 177 g/mol. The molecule has 3 N–H and O–H groups in total. The fourth-order valence-corrected chi connectivity index (χ4v) is 1.12. The zero-order chi connectivity index (χ0) is 9.84. The minimum Gasteiger partial charge on any atom is -0.370 e. The molecule has 1 rings (SSSR count). The molecule has 0 bridgehead atoms. The van der Waals surface area contributed by atoms with Crippen LogP contribution in [0.2, 0.25) is 0 Å². The van der Waals surface area contributed by atoms with Crippen molar-refractivity contribution in [1.82, 2.24) is 0 Å². The summed E-state index contributed by atoms with van der Waals surface area (Å²) >= 11 is 0. The van der Waals surface area contributed by atoms with E-state index in [1.807, 2.05) is 18.2 Å². The van der Waals surface area contributed by atoms with Crippen LogP contribution in [-0.2, 0) is 6.42 Å². The number of nitrogens with two attached hydrogens (primary N) is 1. The second-order valence-corrected chi connectivity index (χ2v) is 2.97. The van der Waals surface area contributed by atoms with E-state index in [-0.39, 0.29) is 5.96 Å². The van der Waals surface area contributed by atoms with Crippen molar-refractivity contribution in [2.75, 3.05) is 11.9 Å². The lowest BCUT2D eigenvalue weighted by Crippen LogP contribution is -2.32. The third kappa shape index (κ3) is 2.21. The molecule has 0 radical (unpaired) electrons. The van der Waals surface area contributed by atoms with Crippen molar-refractivity contribution in [3.63, 3.8) is 0 Å². The number of nitrogens with one attached hydrogen (secondary N) is 1. The Balaban J connectivity index is 2.94. The molecular weight excluding hydrogens is 162 g/mol. The third-order valence-corrected chi connectivity index (χ3v) is 2.07. The standard InChI is InChI=1S/C10H15N3/c1-3-8-5-4-6-9(7-8)13(2)10(11)12/h4-7H,3H2,1-2H3,(H3,11,12). The molecular formula is C10H15N3. The predicted molar refractivity (Wildman–Crippen MR) is 56.1 cm³/mol. The van der Waals surface area contributed by atoms with Crippen LogP contribution in [0.4, 0.5) is 5.69 Å². The first-order valence-corrected chi connectivity index (χ1v) is 4.32. The molecule has 70 valence electrons. The van der Waals surface area contributed by atoms with E-state index >= 15 is 0 Å². The predicted octanol–water partition coefficient (Wildman–Crippen LogP) is 1.58. The van der Waals surface area contributed by atoms with Gasteiger partial charge in [-0.1, -0.05) is 19.1 Å². The number of rotatable bonds is 2. The van der Waals surface area contributed by atoms with E-state index in [4.69, 9.17) is 11.1 Å². The van der Waals surface area contributed by atoms with Gasteiger partial charge in [-0.15, -0.1) is 0 Å². The number of anilines is 1. The van der Waals surface area contributed by atoms with Crippen LogP contribution in [0.5, 0.6) is 0 Å². The average molecular weight is 177 g/mol. The first kappa shape index (κ1) is 9.58. The van der Waals surface area contributed by atoms with E-state index < -0.39 is 0 Å². The largest absolute Gasteiger partial charge is 0.370 e. The van der Waals surface area contributed by atoms with Gasteiger partial charge in [0.25, 0.3) is 0 Å². The van der Waals surface area contributed by atoms with Crippen molar-refractivity contribution in [2.45, 2.75) is 13.3 Å². The van der Waals surface area contributed by atoms with Crippen molar-refractivity contribution in [1.29, 1.82) is 5.41 Å². The van der Waals surface area contributed by atoms with Crippen LogP contribution in [0.25, 0.3) is 0 Å². The highest BCUT2D eigenvalue weighted by molar-refractivity contribution is 5.91. The molecule has 13 heavy (non-hydrogen) atoms. The Morgan fingerprint density at radius 2 is 2.23 bits per heavy atom. The van der Waals surface area contributed by atoms with Gasteiger partial charge in [0.2, 0.25) is 0 Å². The van der Waals surface area contributed by atoms with Gasteiger partial charge in [-0.3, -0.25) is 5.41 Å². The molecule has 0 aliphatic heterocycles. The van der Waals surface area contributed by atoms with Gasteiger partial charge < -0.3 is 10.6 Å². The SMILES string of the molecule is CCc1cccc(N(C)C(=N)N)c1. The van der Waals surface area contributed by atoms with Gasteiger partial charge in [-0.05, 0) is 24.1 Å². The van der Waals surface area contributed by atoms with Crippen LogP contribution in [0.3, 0.4) is 0 Å². The van der Waals surface area contributed by atoms with E-state index in [9.17, 15) is 0 Å². The molecule has 0 aliphatic carbocycles. The fraction of sp³-hybridized carbons (Fsp3) is 0.300. The van der Waals surface area contributed by atoms with E-state index in [0.29, 0.717) is 0 Å². The highest BCUT2D eigenvalue weighted by Gasteiger charge is 2.02. The van der Waals surface area contributed by atoms with E-state index in [1.165, 1.54) is 5.56 Å². The first-order valence-electron chi connectivity index (χ1n) is 4.32. The lowest BCUT2D eigenvalue weighted by Gasteiger charge is -2.17. The number of guanidine groups is 1. The van der Waals surface area contributed by atoms with E-state index in [1.54, 1.807) is 11.9 Å². The Labute approximate surface area is 78.7 Å². The lowest BCUT2D eigenvalue weighted by atomic mass is 10.1. The van der Waals surface area contributed by atoms with E-state index in [0.717, 1.165) is 12.1 Å². The molecule has 3 nitrogen and oxygen atoms in total. The van der Waals surface area contributed by atoms with Crippen LogP contribution >= 0.6 is 0 Å². The molecule has 0 unspecified atom stereocenters. The Morgan fingerprint density at radius 3 is 2.77 bits per heavy atom. The van der Waals surface area contributed by atoms with Crippen LogP contribution in [0.1, 0.15) is 12.5 Å². The molecule has 3 heteroatoms. The van der Waals surface area contributed by atoms with Gasteiger partial charge in [0.05, 0.1) is 0 Å². The molecule has 0 atom stereocenters. The molecule has 0 heterocycles. The van der Waals surface area contributed by atoms with Gasteiger partial charge in [-0.25, -0.2) is 0 Å². The normalized spacial score (nSPS) is 9.69. The smallest absolute Gasteiger partial charge is 0.192 e. The number of benzene rings is 1. The van der Waals surface area contributed by atoms with Gasteiger partial charge in [0.15, 0.2) is 5.96 Å². The summed E-state index contributed by atoms with van der Waals surface area (Å²) in [5.74, 6) is 0.0632. The van der Waals surface area contributed by atoms with Crippen LogP contribution < -0.4 is 10.6 Å². The summed E-state index contributed by atoms with van der Waals surface area (Å²) in [7, 11) is 1.79. The van der Waals surface area contributed by atoms with Gasteiger partial charge in [0.1, 0.15) is 0 Å². The van der Waals surface area contributed by atoms with Gasteiger partial charge >= 0.3 is 0 Å². The summed E-state index contributed by atoms with van der Waals surface area (Å²) in [6, 6.07) is 8.03. The van der Waals surface area contributed by atoms with Crippen molar-refractivity contribution in [2.24, 2.45) is 5.73 Å². The van der Waals surface area contributed by atoms with Crippen molar-refractivity contribution in [3.05, 3.63) is 29.8 Å². The molecule has 0 fully saturated rings. The third-order valence-electron chi connectivity index (χ3n) is 2.07. The molecule has 0 spiro atoms. The van der Waals surface area contributed by atoms with Crippen molar-refractivity contribution >= 4 is 11.6 Å². The zero-order valence-corrected chi connectivity index (χ0v) is 8.04. The maximum absolute atomic E-state index is 7.27. The fourth-order valence-electron chi connectivity index (χ4n) is 1.12. The summed E-state index contributed by atoms with van der Waals surface area (Å²) in [6.45, 7) is 2.10. The Kier molecular flexibility index (Phi) is 2.90. The molecule has 0 amide bonds. The van der Waals surface area contributed by atoms with Crippen molar-refractivity contribution < 1.29 is 0 Å². The number of nitrogens with zero attached hydrogens (tertiary/aromatic N) is 1. The molecule has 1 aromatic carbocycles. The highest BCUT2D eigenvalue weighted by atomic mass is 15.2. The summed E-state index contributed by atoms with van der Waals surface area (Å²) in [6.07, 6.45) is 1.000. The summed E-state index contributed by atoms with van der Waals surface area (Å²) in [5.41, 5.74) is 7.59. The number of hydrogen-bond acceptors (Lipinski definition) is 1. The molecule has 1 aromatic rings. The van der Waals surface area contributed by atoms with Gasteiger partial charge in [-0.2, -0.15) is 0 Å². The quantitative estimate of drug-likeness (QED) is 0.532. The Morgan fingerprint density at radius 1 is 1.54 bits per heavy atom. The molecule has 0 aromatic heterocycles. The summed E-state index contributed by atoms with van der Waals surface area (Å²) in [5, 5.41) is 7.27. The molecule has 0 saturated heterocycles. The van der Waals surface area contributed by atoms with Gasteiger partial charge in [0, 0.05) is 12.7 Å². The minimum absolute atomic E-state index is 0.0632. The second kappa shape index (κ2) is 3.94. The average Bonchev–Trinajstić information content (AvgIpc) is 2.16. The van der Waals surface area contributed by atoms with Crippen LogP contribution in [0, 0.1) is 5.41 Å². The number of hydrogen-bond donors (Lipinski definition) is 2. The highest BCUT2D eigenvalue weighted by Crippen LogP contribution is 2.14.